The predicted molar refractivity (Wildman–Crippen MR) is 53.7 cm³/mol. The summed E-state index contributed by atoms with van der Waals surface area (Å²) in [5.41, 5.74) is -0.688. The molecule has 2 heterocycles. The number of ether oxygens (including phenoxy) is 1. The van der Waals surface area contributed by atoms with E-state index in [-0.39, 0.29) is 0 Å². The van der Waals surface area contributed by atoms with Gasteiger partial charge >= 0.3 is 5.97 Å². The van der Waals surface area contributed by atoms with Crippen LogP contribution in [-0.4, -0.2) is 24.3 Å². The highest BCUT2D eigenvalue weighted by Gasteiger charge is 2.42. The molecule has 1 aromatic rings. The first-order valence-corrected chi connectivity index (χ1v) is 5.49. The van der Waals surface area contributed by atoms with Gasteiger partial charge in [-0.3, -0.25) is 4.79 Å². The van der Waals surface area contributed by atoms with Crippen LogP contribution in [0.25, 0.3) is 0 Å². The van der Waals surface area contributed by atoms with E-state index in [1.54, 1.807) is 0 Å². The molecule has 0 spiro atoms. The highest BCUT2D eigenvalue weighted by atomic mass is 32.1. The number of thiophene rings is 1. The molecule has 1 saturated heterocycles. The molecule has 0 aromatic carbocycles. The molecule has 0 aliphatic carbocycles. The zero-order valence-electron chi connectivity index (χ0n) is 7.73. The van der Waals surface area contributed by atoms with Gasteiger partial charge in [-0.2, -0.15) is 0 Å². The van der Waals surface area contributed by atoms with E-state index >= 15 is 0 Å². The van der Waals surface area contributed by atoms with Crippen molar-refractivity contribution in [1.29, 1.82) is 0 Å². The molecule has 1 aliphatic rings. The lowest BCUT2D eigenvalue weighted by atomic mass is 9.79. The van der Waals surface area contributed by atoms with Crippen molar-refractivity contribution < 1.29 is 14.6 Å². The van der Waals surface area contributed by atoms with Gasteiger partial charge in [0.2, 0.25) is 0 Å². The van der Waals surface area contributed by atoms with Crippen molar-refractivity contribution in [3.8, 4) is 0 Å². The zero-order chi connectivity index (χ0) is 10.0. The van der Waals surface area contributed by atoms with Crippen molar-refractivity contribution in [3.05, 3.63) is 22.4 Å². The maximum absolute atomic E-state index is 11.3. The van der Waals surface area contributed by atoms with E-state index in [0.29, 0.717) is 26.1 Å². The van der Waals surface area contributed by atoms with Crippen molar-refractivity contribution in [2.24, 2.45) is 0 Å². The fourth-order valence-corrected chi connectivity index (χ4v) is 2.81. The number of hydrogen-bond acceptors (Lipinski definition) is 3. The third-order valence-corrected chi connectivity index (χ3v) is 3.82. The van der Waals surface area contributed by atoms with Crippen molar-refractivity contribution in [2.45, 2.75) is 18.3 Å². The van der Waals surface area contributed by atoms with E-state index in [9.17, 15) is 9.90 Å². The topological polar surface area (TPSA) is 46.5 Å². The molecule has 0 radical (unpaired) electrons. The first-order chi connectivity index (χ1) is 6.76. The Morgan fingerprint density at radius 1 is 1.50 bits per heavy atom. The fourth-order valence-electron chi connectivity index (χ4n) is 1.84. The van der Waals surface area contributed by atoms with Crippen LogP contribution in [0.3, 0.4) is 0 Å². The molecule has 0 atom stereocenters. The van der Waals surface area contributed by atoms with Crippen LogP contribution in [0.15, 0.2) is 17.5 Å². The summed E-state index contributed by atoms with van der Waals surface area (Å²) in [6, 6.07) is 3.81. The van der Waals surface area contributed by atoms with Crippen molar-refractivity contribution in [1.82, 2.24) is 0 Å². The van der Waals surface area contributed by atoms with E-state index in [0.717, 1.165) is 4.88 Å². The molecule has 3 nitrogen and oxygen atoms in total. The molecule has 0 bridgehead atoms. The maximum atomic E-state index is 11.3. The molecule has 76 valence electrons. The Kier molecular flexibility index (Phi) is 2.56. The number of rotatable bonds is 2. The standard InChI is InChI=1S/C10H12O3S/c11-9(12)10(3-5-13-6-4-10)8-2-1-7-14-8/h1-2,7H,3-6H2,(H,11,12). The summed E-state index contributed by atoms with van der Waals surface area (Å²) >= 11 is 1.52. The minimum absolute atomic E-state index is 0.546. The summed E-state index contributed by atoms with van der Waals surface area (Å²) in [6.45, 7) is 1.09. The second-order valence-electron chi connectivity index (χ2n) is 3.48. The Morgan fingerprint density at radius 3 is 2.71 bits per heavy atom. The lowest BCUT2D eigenvalue weighted by Crippen LogP contribution is -2.40. The van der Waals surface area contributed by atoms with Crippen LogP contribution in [0.4, 0.5) is 0 Å². The molecule has 14 heavy (non-hydrogen) atoms. The SMILES string of the molecule is O=C(O)C1(c2cccs2)CCOCC1. The number of aliphatic carboxylic acids is 1. The summed E-state index contributed by atoms with van der Waals surface area (Å²) in [5, 5.41) is 11.2. The van der Waals surface area contributed by atoms with Gasteiger partial charge in [-0.15, -0.1) is 11.3 Å². The van der Waals surface area contributed by atoms with Gasteiger partial charge in [0.1, 0.15) is 5.41 Å². The van der Waals surface area contributed by atoms with Gasteiger partial charge < -0.3 is 9.84 Å². The lowest BCUT2D eigenvalue weighted by molar-refractivity contribution is -0.147. The van der Waals surface area contributed by atoms with E-state index in [2.05, 4.69) is 0 Å². The summed E-state index contributed by atoms with van der Waals surface area (Å²) < 4.78 is 5.21. The molecular weight excluding hydrogens is 200 g/mol. The van der Waals surface area contributed by atoms with E-state index < -0.39 is 11.4 Å². The smallest absolute Gasteiger partial charge is 0.315 e. The van der Waals surface area contributed by atoms with Gasteiger partial charge in [0.15, 0.2) is 0 Å². The Labute approximate surface area is 86.3 Å². The van der Waals surface area contributed by atoms with Crippen LogP contribution in [0, 0.1) is 0 Å². The number of carboxylic acid groups (broad SMARTS) is 1. The second-order valence-corrected chi connectivity index (χ2v) is 4.42. The molecule has 1 aliphatic heterocycles. The maximum Gasteiger partial charge on any atom is 0.315 e. The molecule has 0 saturated carbocycles. The number of carbonyl (C=O) groups is 1. The second kappa shape index (κ2) is 3.71. The molecule has 2 rings (SSSR count). The molecule has 1 aromatic heterocycles. The van der Waals surface area contributed by atoms with Crippen LogP contribution < -0.4 is 0 Å². The lowest BCUT2D eigenvalue weighted by Gasteiger charge is -2.32. The average molecular weight is 212 g/mol. The minimum atomic E-state index is -0.719. The van der Waals surface area contributed by atoms with Gasteiger partial charge in [0.25, 0.3) is 0 Å². The van der Waals surface area contributed by atoms with Gasteiger partial charge in [0.05, 0.1) is 0 Å². The first kappa shape index (κ1) is 9.68. The van der Waals surface area contributed by atoms with E-state index in [1.807, 2.05) is 17.5 Å². The molecule has 0 amide bonds. The van der Waals surface area contributed by atoms with Crippen molar-refractivity contribution in [3.63, 3.8) is 0 Å². The molecular formula is C10H12O3S. The van der Waals surface area contributed by atoms with Crippen LogP contribution in [0.1, 0.15) is 17.7 Å². The van der Waals surface area contributed by atoms with Crippen LogP contribution in [0.5, 0.6) is 0 Å². The van der Waals surface area contributed by atoms with Crippen LogP contribution >= 0.6 is 11.3 Å². The normalized spacial score (nSPS) is 20.6. The molecule has 4 heteroatoms. The Hall–Kier alpha value is -0.870. The van der Waals surface area contributed by atoms with Gasteiger partial charge in [-0.25, -0.2) is 0 Å². The zero-order valence-corrected chi connectivity index (χ0v) is 8.55. The number of carboxylic acids is 1. The van der Waals surface area contributed by atoms with Gasteiger partial charge in [-0.1, -0.05) is 6.07 Å². The quantitative estimate of drug-likeness (QED) is 0.814. The summed E-state index contributed by atoms with van der Waals surface area (Å²) in [7, 11) is 0. The molecule has 0 unspecified atom stereocenters. The monoisotopic (exact) mass is 212 g/mol. The van der Waals surface area contributed by atoms with Crippen LogP contribution in [0.2, 0.25) is 0 Å². The number of hydrogen-bond donors (Lipinski definition) is 1. The predicted octanol–water partition coefficient (Wildman–Crippen LogP) is 1.88. The average Bonchev–Trinajstić information content (AvgIpc) is 2.72. The van der Waals surface area contributed by atoms with Crippen LogP contribution in [-0.2, 0) is 14.9 Å². The Balaban J connectivity index is 2.35. The molecule has 1 fully saturated rings. The Bertz CT molecular complexity index is 312. The fraction of sp³-hybridized carbons (Fsp3) is 0.500. The summed E-state index contributed by atoms with van der Waals surface area (Å²) in [5.74, 6) is -0.719. The highest BCUT2D eigenvalue weighted by molar-refractivity contribution is 7.10. The van der Waals surface area contributed by atoms with Crippen molar-refractivity contribution >= 4 is 17.3 Å². The van der Waals surface area contributed by atoms with Crippen molar-refractivity contribution in [2.75, 3.05) is 13.2 Å². The Morgan fingerprint density at radius 2 is 2.21 bits per heavy atom. The van der Waals surface area contributed by atoms with Gasteiger partial charge in [-0.05, 0) is 24.3 Å². The van der Waals surface area contributed by atoms with Gasteiger partial charge in [0, 0.05) is 18.1 Å². The molecule has 1 N–H and O–H groups in total. The first-order valence-electron chi connectivity index (χ1n) is 4.61. The van der Waals surface area contributed by atoms with E-state index in [4.69, 9.17) is 4.74 Å². The minimum Gasteiger partial charge on any atom is -0.481 e. The van der Waals surface area contributed by atoms with E-state index in [1.165, 1.54) is 11.3 Å². The third kappa shape index (κ3) is 1.44. The largest absolute Gasteiger partial charge is 0.481 e. The third-order valence-electron chi connectivity index (χ3n) is 2.75. The summed E-state index contributed by atoms with van der Waals surface area (Å²) in [4.78, 5) is 12.3. The summed E-state index contributed by atoms with van der Waals surface area (Å²) in [6.07, 6.45) is 1.17. The highest BCUT2D eigenvalue weighted by Crippen LogP contribution is 2.37.